The van der Waals surface area contributed by atoms with Gasteiger partial charge in [-0.05, 0) is 38.1 Å². The normalized spacial score (nSPS) is 17.4. The van der Waals surface area contributed by atoms with Crippen LogP contribution in [0.15, 0.2) is 33.7 Å². The summed E-state index contributed by atoms with van der Waals surface area (Å²) >= 11 is 1.61. The summed E-state index contributed by atoms with van der Waals surface area (Å²) in [4.78, 5) is 19.7. The smallest absolute Gasteiger partial charge is 0.254 e. The molecule has 1 aromatic carbocycles. The number of halogens is 1. The molecule has 3 rings (SSSR count). The van der Waals surface area contributed by atoms with Crippen LogP contribution in [0.2, 0.25) is 0 Å². The fraction of sp³-hybridized carbons (Fsp3) is 0.438. The summed E-state index contributed by atoms with van der Waals surface area (Å²) in [5.41, 5.74) is 0.733. The molecule has 0 spiro atoms. The maximum absolute atomic E-state index is 12.6. The lowest BCUT2D eigenvalue weighted by atomic mass is 10.1. The molecule has 0 radical (unpaired) electrons. The Morgan fingerprint density at radius 2 is 2.17 bits per heavy atom. The van der Waals surface area contributed by atoms with Crippen molar-refractivity contribution in [3.8, 4) is 0 Å². The van der Waals surface area contributed by atoms with Gasteiger partial charge in [0.2, 0.25) is 5.89 Å². The lowest BCUT2D eigenvalue weighted by Gasteiger charge is -2.34. The van der Waals surface area contributed by atoms with Gasteiger partial charge in [-0.1, -0.05) is 5.16 Å². The Labute approximate surface area is 151 Å². The van der Waals surface area contributed by atoms with E-state index in [9.17, 15) is 4.79 Å². The molecule has 1 fully saturated rings. The first-order valence-corrected chi connectivity index (χ1v) is 8.66. The molecule has 0 aliphatic carbocycles. The van der Waals surface area contributed by atoms with Gasteiger partial charge < -0.3 is 14.7 Å². The highest BCUT2D eigenvalue weighted by molar-refractivity contribution is 7.98. The first-order chi connectivity index (χ1) is 11.1. The van der Waals surface area contributed by atoms with Crippen molar-refractivity contribution >= 4 is 30.1 Å². The third-order valence-corrected chi connectivity index (χ3v) is 4.79. The Hall–Kier alpha value is -1.57. The van der Waals surface area contributed by atoms with Crippen molar-refractivity contribution in [2.75, 3.05) is 19.6 Å². The van der Waals surface area contributed by atoms with Gasteiger partial charge in [-0.15, -0.1) is 24.2 Å². The lowest BCUT2D eigenvalue weighted by Crippen LogP contribution is -2.52. The number of nitrogens with one attached hydrogen (secondary N) is 1. The lowest BCUT2D eigenvalue weighted by molar-refractivity contribution is 0.0655. The maximum Gasteiger partial charge on any atom is 0.254 e. The van der Waals surface area contributed by atoms with Crippen LogP contribution in [0.5, 0.6) is 0 Å². The molecule has 24 heavy (non-hydrogen) atoms. The average molecular weight is 369 g/mol. The van der Waals surface area contributed by atoms with Crippen LogP contribution in [0.25, 0.3) is 0 Å². The summed E-state index contributed by atoms with van der Waals surface area (Å²) in [5, 5.41) is 7.07. The first-order valence-electron chi connectivity index (χ1n) is 7.67. The Bertz CT molecular complexity index is 677. The third kappa shape index (κ3) is 4.49. The number of thioether (sulfide) groups is 1. The van der Waals surface area contributed by atoms with Crippen molar-refractivity contribution in [3.63, 3.8) is 0 Å². The SMILES string of the molecule is Cc1noc(CSc2ccc(C(=O)N3CCNC[C@H]3C)cc2)n1.Cl. The molecule has 0 saturated carbocycles. The maximum atomic E-state index is 12.6. The minimum Gasteiger partial charge on any atom is -0.338 e. The number of carbonyl (C=O) groups excluding carboxylic acids is 1. The minimum absolute atomic E-state index is 0. The third-order valence-electron chi connectivity index (χ3n) is 3.80. The molecule has 6 nitrogen and oxygen atoms in total. The van der Waals surface area contributed by atoms with Gasteiger partial charge in [0.05, 0.1) is 5.75 Å². The van der Waals surface area contributed by atoms with Crippen LogP contribution in [-0.2, 0) is 5.75 Å². The molecule has 0 unspecified atom stereocenters. The van der Waals surface area contributed by atoms with Gasteiger partial charge in [-0.3, -0.25) is 4.79 Å². The van der Waals surface area contributed by atoms with E-state index in [2.05, 4.69) is 22.4 Å². The van der Waals surface area contributed by atoms with E-state index in [0.717, 1.165) is 30.1 Å². The standard InChI is InChI=1S/C16H20N4O2S.ClH/c1-11-9-17-7-8-20(11)16(21)13-3-5-14(6-4-13)23-10-15-18-12(2)19-22-15;/h3-6,11,17H,7-10H2,1-2H3;1H/t11-;/m1./s1. The highest BCUT2D eigenvalue weighted by Crippen LogP contribution is 2.23. The van der Waals surface area contributed by atoms with E-state index < -0.39 is 0 Å². The van der Waals surface area contributed by atoms with Crippen LogP contribution in [0, 0.1) is 6.92 Å². The topological polar surface area (TPSA) is 71.3 Å². The molecule has 1 N–H and O–H groups in total. The van der Waals surface area contributed by atoms with Crippen LogP contribution < -0.4 is 5.32 Å². The Kier molecular flexibility index (Phi) is 6.65. The van der Waals surface area contributed by atoms with Crippen molar-refractivity contribution < 1.29 is 9.32 Å². The number of piperazine rings is 1. The second-order valence-corrected chi connectivity index (χ2v) is 6.65. The zero-order valence-corrected chi connectivity index (χ0v) is 15.3. The van der Waals surface area contributed by atoms with Gasteiger partial charge in [-0.25, -0.2) is 0 Å². The molecule has 1 aliphatic heterocycles. The zero-order chi connectivity index (χ0) is 16.2. The number of hydrogen-bond donors (Lipinski definition) is 1. The van der Waals surface area contributed by atoms with Crippen LogP contribution in [-0.4, -0.2) is 46.6 Å². The van der Waals surface area contributed by atoms with Crippen molar-refractivity contribution in [2.24, 2.45) is 0 Å². The molecule has 8 heteroatoms. The van der Waals surface area contributed by atoms with E-state index in [1.807, 2.05) is 29.2 Å². The van der Waals surface area contributed by atoms with Crippen molar-refractivity contribution in [2.45, 2.75) is 30.5 Å². The number of carbonyl (C=O) groups is 1. The van der Waals surface area contributed by atoms with Crippen LogP contribution in [0.4, 0.5) is 0 Å². The molecule has 1 amide bonds. The summed E-state index contributed by atoms with van der Waals surface area (Å²) < 4.78 is 5.09. The molecule has 1 atom stereocenters. The van der Waals surface area contributed by atoms with Crippen LogP contribution in [0.1, 0.15) is 29.0 Å². The Balaban J connectivity index is 0.00000208. The summed E-state index contributed by atoms with van der Waals surface area (Å²) in [5.74, 6) is 1.99. The van der Waals surface area contributed by atoms with Gasteiger partial charge in [0.1, 0.15) is 0 Å². The van der Waals surface area contributed by atoms with E-state index >= 15 is 0 Å². The summed E-state index contributed by atoms with van der Waals surface area (Å²) in [6.07, 6.45) is 0. The number of hydrogen-bond acceptors (Lipinski definition) is 6. The molecule has 1 aromatic heterocycles. The molecule has 1 saturated heterocycles. The van der Waals surface area contributed by atoms with E-state index in [0.29, 0.717) is 17.5 Å². The van der Waals surface area contributed by atoms with Gasteiger partial charge >= 0.3 is 0 Å². The fourth-order valence-corrected chi connectivity index (χ4v) is 3.28. The Morgan fingerprint density at radius 3 is 2.79 bits per heavy atom. The zero-order valence-electron chi connectivity index (χ0n) is 13.7. The molecule has 1 aliphatic rings. The molecular weight excluding hydrogens is 348 g/mol. The number of aromatic nitrogens is 2. The Morgan fingerprint density at radius 1 is 1.42 bits per heavy atom. The number of rotatable bonds is 4. The second-order valence-electron chi connectivity index (χ2n) is 5.60. The van der Waals surface area contributed by atoms with E-state index in [1.165, 1.54) is 0 Å². The highest BCUT2D eigenvalue weighted by atomic mass is 35.5. The van der Waals surface area contributed by atoms with E-state index in [1.54, 1.807) is 18.7 Å². The largest absolute Gasteiger partial charge is 0.338 e. The van der Waals surface area contributed by atoms with E-state index in [-0.39, 0.29) is 24.4 Å². The molecule has 0 bridgehead atoms. The van der Waals surface area contributed by atoms with Gasteiger partial charge in [0, 0.05) is 36.1 Å². The number of aryl methyl sites for hydroxylation is 1. The predicted molar refractivity (Wildman–Crippen MR) is 95.7 cm³/mol. The van der Waals surface area contributed by atoms with Crippen molar-refractivity contribution in [1.82, 2.24) is 20.4 Å². The second kappa shape index (κ2) is 8.50. The summed E-state index contributed by atoms with van der Waals surface area (Å²) in [6.45, 7) is 6.33. The number of nitrogens with zero attached hydrogens (tertiary/aromatic N) is 3. The fourth-order valence-electron chi connectivity index (χ4n) is 2.55. The molecule has 130 valence electrons. The molecular formula is C16H21ClN4O2S. The van der Waals surface area contributed by atoms with E-state index in [4.69, 9.17) is 4.52 Å². The predicted octanol–water partition coefficient (Wildman–Crippen LogP) is 2.53. The monoisotopic (exact) mass is 368 g/mol. The van der Waals surface area contributed by atoms with Gasteiger partial charge in [0.25, 0.3) is 5.91 Å². The van der Waals surface area contributed by atoms with Crippen molar-refractivity contribution in [3.05, 3.63) is 41.5 Å². The van der Waals surface area contributed by atoms with Crippen LogP contribution >= 0.6 is 24.2 Å². The highest BCUT2D eigenvalue weighted by Gasteiger charge is 2.23. The van der Waals surface area contributed by atoms with Gasteiger partial charge in [-0.2, -0.15) is 4.98 Å². The van der Waals surface area contributed by atoms with Gasteiger partial charge in [0.15, 0.2) is 5.82 Å². The number of benzene rings is 1. The minimum atomic E-state index is 0. The van der Waals surface area contributed by atoms with Crippen molar-refractivity contribution in [1.29, 1.82) is 0 Å². The average Bonchev–Trinajstić information content (AvgIpc) is 2.99. The summed E-state index contributed by atoms with van der Waals surface area (Å²) in [6, 6.07) is 7.94. The number of amides is 1. The molecule has 2 heterocycles. The molecule has 2 aromatic rings. The first kappa shape index (κ1) is 18.8. The van der Waals surface area contributed by atoms with Crippen LogP contribution in [0.3, 0.4) is 0 Å². The quantitative estimate of drug-likeness (QED) is 0.836. The summed E-state index contributed by atoms with van der Waals surface area (Å²) in [7, 11) is 0.